The van der Waals surface area contributed by atoms with Crippen LogP contribution in [0.3, 0.4) is 0 Å². The fraction of sp³-hybridized carbons (Fsp3) is 0.211. The third kappa shape index (κ3) is 3.13. The van der Waals surface area contributed by atoms with E-state index in [4.69, 9.17) is 0 Å². The highest BCUT2D eigenvalue weighted by Crippen LogP contribution is 2.31. The summed E-state index contributed by atoms with van der Waals surface area (Å²) >= 11 is 1.71. The minimum absolute atomic E-state index is 0.692. The number of aromatic amines is 1. The van der Waals surface area contributed by atoms with Crippen molar-refractivity contribution in [2.24, 2.45) is 0 Å². The molecule has 0 radical (unpaired) electrons. The van der Waals surface area contributed by atoms with Crippen molar-refractivity contribution >= 4 is 11.3 Å². The summed E-state index contributed by atoms with van der Waals surface area (Å²) in [7, 11) is 0. The number of hydrogen-bond donors (Lipinski definition) is 1. The van der Waals surface area contributed by atoms with E-state index in [1.54, 1.807) is 11.3 Å². The molecule has 3 heterocycles. The van der Waals surface area contributed by atoms with Gasteiger partial charge in [0.15, 0.2) is 0 Å². The summed E-state index contributed by atoms with van der Waals surface area (Å²) in [6.07, 6.45) is 2.85. The first-order valence-electron chi connectivity index (χ1n) is 8.31. The molecule has 0 amide bonds. The zero-order valence-corrected chi connectivity index (χ0v) is 15.0. The fourth-order valence-electron chi connectivity index (χ4n) is 2.88. The Morgan fingerprint density at radius 1 is 1.20 bits per heavy atom. The van der Waals surface area contributed by atoms with Crippen molar-refractivity contribution in [3.63, 3.8) is 0 Å². The molecule has 5 nitrogen and oxygen atoms in total. The number of aromatic nitrogens is 5. The van der Waals surface area contributed by atoms with Gasteiger partial charge in [-0.2, -0.15) is 5.10 Å². The molecule has 0 aliphatic heterocycles. The minimum Gasteiger partial charge on any atom is -0.323 e. The second-order valence-corrected chi connectivity index (χ2v) is 6.90. The molecule has 0 saturated heterocycles. The molecular formula is C19H19N5S. The van der Waals surface area contributed by atoms with Gasteiger partial charge in [-0.3, -0.25) is 5.10 Å². The molecule has 0 aliphatic carbocycles. The monoisotopic (exact) mass is 349 g/mol. The second kappa shape index (κ2) is 6.64. The summed E-state index contributed by atoms with van der Waals surface area (Å²) in [5.74, 6) is 0. The summed E-state index contributed by atoms with van der Waals surface area (Å²) in [6.45, 7) is 4.83. The highest BCUT2D eigenvalue weighted by atomic mass is 32.1. The van der Waals surface area contributed by atoms with Crippen LogP contribution in [0, 0.1) is 6.92 Å². The van der Waals surface area contributed by atoms with Gasteiger partial charge in [0.2, 0.25) is 0 Å². The molecule has 0 bridgehead atoms. The Morgan fingerprint density at radius 2 is 2.04 bits per heavy atom. The largest absolute Gasteiger partial charge is 0.323 e. The van der Waals surface area contributed by atoms with Gasteiger partial charge in [0.1, 0.15) is 5.69 Å². The van der Waals surface area contributed by atoms with Crippen LogP contribution in [0.4, 0.5) is 0 Å². The van der Waals surface area contributed by atoms with E-state index in [1.165, 1.54) is 0 Å². The molecule has 0 atom stereocenters. The van der Waals surface area contributed by atoms with E-state index in [1.807, 2.05) is 31.5 Å². The SMILES string of the molecule is CCc1nc(Cn2cnc(-c3ccccc3)c2-c2cc(C)[nH]n2)cs1. The molecule has 0 saturated carbocycles. The normalized spacial score (nSPS) is 11.1. The van der Waals surface area contributed by atoms with Crippen LogP contribution in [0.5, 0.6) is 0 Å². The van der Waals surface area contributed by atoms with Crippen molar-refractivity contribution in [2.45, 2.75) is 26.8 Å². The van der Waals surface area contributed by atoms with Crippen LogP contribution in [-0.2, 0) is 13.0 Å². The molecular weight excluding hydrogens is 330 g/mol. The number of benzene rings is 1. The lowest BCUT2D eigenvalue weighted by Crippen LogP contribution is -2.02. The average molecular weight is 349 g/mol. The number of thiazole rings is 1. The fourth-order valence-corrected chi connectivity index (χ4v) is 3.61. The highest BCUT2D eigenvalue weighted by Gasteiger charge is 2.18. The van der Waals surface area contributed by atoms with Crippen molar-refractivity contribution in [1.29, 1.82) is 0 Å². The topological polar surface area (TPSA) is 59.4 Å². The first-order valence-corrected chi connectivity index (χ1v) is 9.18. The molecule has 0 unspecified atom stereocenters. The molecule has 3 aromatic heterocycles. The number of imidazole rings is 1. The summed E-state index contributed by atoms with van der Waals surface area (Å²) in [5.41, 5.74) is 6.04. The number of nitrogens with zero attached hydrogens (tertiary/aromatic N) is 4. The van der Waals surface area contributed by atoms with E-state index in [2.05, 4.69) is 55.2 Å². The first-order chi connectivity index (χ1) is 12.2. The first kappa shape index (κ1) is 15.8. The lowest BCUT2D eigenvalue weighted by molar-refractivity contribution is 0.778. The predicted octanol–water partition coefficient (Wildman–Crippen LogP) is 4.32. The van der Waals surface area contributed by atoms with Gasteiger partial charge in [0.05, 0.1) is 35.0 Å². The minimum atomic E-state index is 0.692. The van der Waals surface area contributed by atoms with Crippen molar-refractivity contribution < 1.29 is 0 Å². The number of hydrogen-bond acceptors (Lipinski definition) is 4. The molecule has 0 aliphatic rings. The van der Waals surface area contributed by atoms with Gasteiger partial charge in [-0.15, -0.1) is 11.3 Å². The summed E-state index contributed by atoms with van der Waals surface area (Å²) in [4.78, 5) is 9.37. The average Bonchev–Trinajstić information content (AvgIpc) is 3.36. The van der Waals surface area contributed by atoms with E-state index in [-0.39, 0.29) is 0 Å². The maximum Gasteiger partial charge on any atom is 0.111 e. The quantitative estimate of drug-likeness (QED) is 0.584. The third-order valence-corrected chi connectivity index (χ3v) is 5.11. The van der Waals surface area contributed by atoms with Crippen LogP contribution in [-0.4, -0.2) is 24.7 Å². The van der Waals surface area contributed by atoms with Gasteiger partial charge in [0, 0.05) is 16.6 Å². The molecule has 126 valence electrons. The van der Waals surface area contributed by atoms with E-state index in [0.717, 1.165) is 45.5 Å². The smallest absolute Gasteiger partial charge is 0.111 e. The Hall–Kier alpha value is -2.73. The molecule has 1 aromatic carbocycles. The summed E-state index contributed by atoms with van der Waals surface area (Å²) in [5, 5.41) is 10.8. The zero-order chi connectivity index (χ0) is 17.2. The van der Waals surface area contributed by atoms with Gasteiger partial charge < -0.3 is 4.57 Å². The Labute approximate surface area is 150 Å². The van der Waals surface area contributed by atoms with Gasteiger partial charge in [-0.1, -0.05) is 37.3 Å². The molecule has 0 fully saturated rings. The van der Waals surface area contributed by atoms with Crippen LogP contribution in [0.15, 0.2) is 48.1 Å². The Kier molecular flexibility index (Phi) is 4.19. The van der Waals surface area contributed by atoms with Crippen LogP contribution >= 0.6 is 11.3 Å². The molecule has 0 spiro atoms. The van der Waals surface area contributed by atoms with Crippen LogP contribution in [0.25, 0.3) is 22.6 Å². The van der Waals surface area contributed by atoms with E-state index in [9.17, 15) is 0 Å². The maximum atomic E-state index is 4.69. The summed E-state index contributed by atoms with van der Waals surface area (Å²) in [6, 6.07) is 12.3. The Morgan fingerprint density at radius 3 is 2.72 bits per heavy atom. The van der Waals surface area contributed by atoms with Gasteiger partial charge in [-0.05, 0) is 19.4 Å². The van der Waals surface area contributed by atoms with Crippen molar-refractivity contribution in [3.05, 3.63) is 64.5 Å². The molecule has 4 rings (SSSR count). The van der Waals surface area contributed by atoms with Gasteiger partial charge in [-0.25, -0.2) is 9.97 Å². The Balaban J connectivity index is 1.80. The third-order valence-electron chi connectivity index (χ3n) is 4.07. The highest BCUT2D eigenvalue weighted by molar-refractivity contribution is 7.09. The lowest BCUT2D eigenvalue weighted by atomic mass is 10.1. The molecule has 6 heteroatoms. The van der Waals surface area contributed by atoms with Gasteiger partial charge in [0.25, 0.3) is 0 Å². The predicted molar refractivity (Wildman–Crippen MR) is 101 cm³/mol. The Bertz CT molecular complexity index is 980. The van der Waals surface area contributed by atoms with Crippen LogP contribution in [0.2, 0.25) is 0 Å². The van der Waals surface area contributed by atoms with Crippen molar-refractivity contribution in [1.82, 2.24) is 24.7 Å². The van der Waals surface area contributed by atoms with E-state index in [0.29, 0.717) is 6.54 Å². The van der Waals surface area contributed by atoms with Gasteiger partial charge >= 0.3 is 0 Å². The number of aryl methyl sites for hydroxylation is 2. The number of nitrogens with one attached hydrogen (secondary N) is 1. The number of H-pyrrole nitrogens is 1. The number of rotatable bonds is 5. The van der Waals surface area contributed by atoms with Crippen LogP contribution < -0.4 is 0 Å². The standard InChI is InChI=1S/C19H19N5S/c1-3-17-21-15(11-25-17)10-24-12-20-18(14-7-5-4-6-8-14)19(24)16-9-13(2)22-23-16/h4-9,11-12H,3,10H2,1-2H3,(H,22,23). The van der Waals surface area contributed by atoms with Crippen molar-refractivity contribution in [3.8, 4) is 22.6 Å². The van der Waals surface area contributed by atoms with Crippen molar-refractivity contribution in [2.75, 3.05) is 0 Å². The lowest BCUT2D eigenvalue weighted by Gasteiger charge is -2.07. The maximum absolute atomic E-state index is 4.69. The molecule has 25 heavy (non-hydrogen) atoms. The van der Waals surface area contributed by atoms with Crippen LogP contribution in [0.1, 0.15) is 23.3 Å². The molecule has 4 aromatic rings. The molecule has 1 N–H and O–H groups in total. The zero-order valence-electron chi connectivity index (χ0n) is 14.2. The van der Waals surface area contributed by atoms with E-state index >= 15 is 0 Å². The van der Waals surface area contributed by atoms with E-state index < -0.39 is 0 Å². The second-order valence-electron chi connectivity index (χ2n) is 5.96. The summed E-state index contributed by atoms with van der Waals surface area (Å²) < 4.78 is 2.13.